The molecule has 0 radical (unpaired) electrons. The Balaban J connectivity index is 1.97. The van der Waals surface area contributed by atoms with Crippen molar-refractivity contribution in [3.8, 4) is 0 Å². The van der Waals surface area contributed by atoms with E-state index in [1.807, 2.05) is 0 Å². The van der Waals surface area contributed by atoms with Crippen LogP contribution in [0.25, 0.3) is 0 Å². The highest BCUT2D eigenvalue weighted by atomic mass is 31.1. The van der Waals surface area contributed by atoms with Crippen LogP contribution in [0.2, 0.25) is 0 Å². The molecule has 0 aromatic rings. The van der Waals surface area contributed by atoms with Crippen LogP contribution in [0.15, 0.2) is 0 Å². The zero-order chi connectivity index (χ0) is 17.5. The van der Waals surface area contributed by atoms with E-state index in [2.05, 4.69) is 0 Å². The normalized spacial score (nSPS) is 24.5. The third kappa shape index (κ3) is 5.79. The summed E-state index contributed by atoms with van der Waals surface area (Å²) >= 11 is 0. The van der Waals surface area contributed by atoms with E-state index in [0.717, 1.165) is 32.1 Å². The average molecular weight is 358 g/mol. The van der Waals surface area contributed by atoms with Gasteiger partial charge in [-0.3, -0.25) is 4.79 Å². The average Bonchev–Trinajstić information content (AvgIpc) is 3.04. The topological polar surface area (TPSA) is 101 Å². The third-order valence-electron chi connectivity index (χ3n) is 6.11. The molecule has 2 rings (SSSR count). The molecule has 4 unspecified atom stereocenters. The number of aliphatic carboxylic acids is 1. The summed E-state index contributed by atoms with van der Waals surface area (Å²) in [4.78, 5) is 21.5. The summed E-state index contributed by atoms with van der Waals surface area (Å²) in [6, 6.07) is -0.494. The summed E-state index contributed by atoms with van der Waals surface area (Å²) in [5, 5.41) is 9.63. The van der Waals surface area contributed by atoms with E-state index >= 15 is 0 Å². The maximum absolute atomic E-state index is 11.9. The number of nitrogens with two attached hydrogens (primary N) is 1. The lowest BCUT2D eigenvalue weighted by Gasteiger charge is -2.27. The number of carboxylic acid groups (broad SMARTS) is 1. The van der Waals surface area contributed by atoms with Crippen molar-refractivity contribution in [1.29, 1.82) is 0 Å². The minimum Gasteiger partial charge on any atom is -0.481 e. The Kier molecular flexibility index (Phi) is 8.12. The first-order valence-corrected chi connectivity index (χ1v) is 10.9. The molecule has 2 aliphatic carbocycles. The Morgan fingerprint density at radius 2 is 1.58 bits per heavy atom. The molecule has 0 aliphatic heterocycles. The van der Waals surface area contributed by atoms with E-state index in [1.54, 1.807) is 0 Å². The summed E-state index contributed by atoms with van der Waals surface area (Å²) in [5.41, 5.74) is 5.45. The fourth-order valence-electron chi connectivity index (χ4n) is 4.72. The number of carbonyl (C=O) groups is 1. The van der Waals surface area contributed by atoms with Gasteiger partial charge in [0.05, 0.1) is 6.04 Å². The number of carboxylic acids is 1. The van der Waals surface area contributed by atoms with Gasteiger partial charge in [0, 0.05) is 0 Å². The van der Waals surface area contributed by atoms with Gasteiger partial charge in [-0.2, -0.15) is 4.89 Å². The summed E-state index contributed by atoms with van der Waals surface area (Å²) in [6.45, 7) is 0. The van der Waals surface area contributed by atoms with Crippen molar-refractivity contribution in [2.75, 3.05) is 0 Å². The van der Waals surface area contributed by atoms with Gasteiger partial charge in [0.1, 0.15) is 5.92 Å². The van der Waals surface area contributed by atoms with Gasteiger partial charge in [0.15, 0.2) is 0 Å². The first-order chi connectivity index (χ1) is 11.5. The van der Waals surface area contributed by atoms with E-state index in [-0.39, 0.29) is 0 Å². The van der Waals surface area contributed by atoms with Crippen molar-refractivity contribution in [3.05, 3.63) is 0 Å². The monoisotopic (exact) mass is 358 g/mol. The maximum Gasteiger partial charge on any atom is 0.511 e. The van der Waals surface area contributed by atoms with Crippen LogP contribution in [-0.4, -0.2) is 27.7 Å². The third-order valence-corrected chi connectivity index (χ3v) is 7.37. The molecule has 6 heteroatoms. The van der Waals surface area contributed by atoms with Gasteiger partial charge in [-0.25, -0.2) is 0 Å². The van der Waals surface area contributed by atoms with E-state index in [9.17, 15) is 19.4 Å². The molecule has 2 fully saturated rings. The first kappa shape index (κ1) is 19.8. The Hall–Kier alpha value is -0.510. The van der Waals surface area contributed by atoms with Crippen molar-refractivity contribution in [2.45, 2.75) is 88.8 Å². The fraction of sp³-hybridized carbons (Fsp3) is 0.944. The molecular weight excluding hydrogens is 325 g/mol. The summed E-state index contributed by atoms with van der Waals surface area (Å²) < 4.78 is 11.9. The lowest BCUT2D eigenvalue weighted by Crippen LogP contribution is -2.42. The molecule has 0 heterocycles. The smallest absolute Gasteiger partial charge is 0.481 e. The van der Waals surface area contributed by atoms with E-state index in [4.69, 9.17) is 5.73 Å². The molecule has 5 nitrogen and oxygen atoms in total. The van der Waals surface area contributed by atoms with Gasteiger partial charge < -0.3 is 10.8 Å². The summed E-state index contributed by atoms with van der Waals surface area (Å²) in [7, 11) is -2.58. The van der Waals surface area contributed by atoms with Crippen molar-refractivity contribution in [3.63, 3.8) is 0 Å². The molecule has 0 aromatic carbocycles. The Bertz CT molecular complexity index is 419. The van der Waals surface area contributed by atoms with Gasteiger partial charge in [-0.05, 0) is 35.7 Å². The van der Waals surface area contributed by atoms with Crippen molar-refractivity contribution in [2.24, 2.45) is 23.5 Å². The molecular formula is C18H33NO4P+. The minimum atomic E-state index is -2.58. The van der Waals surface area contributed by atoms with E-state index in [1.165, 1.54) is 32.1 Å². The van der Waals surface area contributed by atoms with Crippen LogP contribution in [0.4, 0.5) is 0 Å². The van der Waals surface area contributed by atoms with Crippen molar-refractivity contribution in [1.82, 2.24) is 0 Å². The van der Waals surface area contributed by atoms with Gasteiger partial charge in [-0.15, -0.1) is 0 Å². The molecule has 0 amide bonds. The van der Waals surface area contributed by atoms with E-state index < -0.39 is 31.6 Å². The highest BCUT2D eigenvalue weighted by molar-refractivity contribution is 7.39. The molecule has 0 spiro atoms. The molecule has 2 aliphatic rings. The molecule has 0 bridgehead atoms. The SMILES string of the molecule is NC(CC1CCCCC1)C(C(CCC1CCCC1)C(=O)O)[P+](=O)O. The predicted octanol–water partition coefficient (Wildman–Crippen LogP) is 4.06. The Morgan fingerprint density at radius 3 is 2.12 bits per heavy atom. The lowest BCUT2D eigenvalue weighted by atomic mass is 9.82. The molecule has 2 saturated carbocycles. The van der Waals surface area contributed by atoms with Gasteiger partial charge in [0.2, 0.25) is 5.66 Å². The molecule has 138 valence electrons. The standard InChI is InChI=1S/C18H32NO4P/c19-16(12-14-8-2-1-3-9-14)17(24(22)23)15(18(20)21)11-10-13-6-4-5-7-13/h13-17H,1-12,19H2,(H-,20,21,22,23)/p+1. The predicted molar refractivity (Wildman–Crippen MR) is 95.1 cm³/mol. The van der Waals surface area contributed by atoms with Crippen LogP contribution >= 0.6 is 8.03 Å². The van der Waals surface area contributed by atoms with Gasteiger partial charge in [-0.1, -0.05) is 57.8 Å². The molecule has 0 aromatic heterocycles. The summed E-state index contributed by atoms with van der Waals surface area (Å²) in [6.07, 6.45) is 12.6. The Labute approximate surface area is 146 Å². The van der Waals surface area contributed by atoms with Crippen molar-refractivity contribution >= 4 is 14.0 Å². The van der Waals surface area contributed by atoms with E-state index in [0.29, 0.717) is 24.7 Å². The number of hydrogen-bond donors (Lipinski definition) is 3. The molecule has 24 heavy (non-hydrogen) atoms. The maximum atomic E-state index is 11.9. The quantitative estimate of drug-likeness (QED) is 0.540. The molecule has 4 N–H and O–H groups in total. The van der Waals surface area contributed by atoms with Crippen LogP contribution in [0, 0.1) is 17.8 Å². The first-order valence-electron chi connectivity index (χ1n) is 9.62. The fourth-order valence-corrected chi connectivity index (χ4v) is 5.75. The Morgan fingerprint density at radius 1 is 1.04 bits per heavy atom. The van der Waals surface area contributed by atoms with Gasteiger partial charge in [0.25, 0.3) is 0 Å². The van der Waals surface area contributed by atoms with Crippen LogP contribution in [0.3, 0.4) is 0 Å². The van der Waals surface area contributed by atoms with Crippen molar-refractivity contribution < 1.29 is 19.4 Å². The second-order valence-electron chi connectivity index (χ2n) is 7.87. The minimum absolute atomic E-state index is 0.477. The number of rotatable bonds is 9. The number of hydrogen-bond acceptors (Lipinski definition) is 3. The van der Waals surface area contributed by atoms with Crippen LogP contribution in [0.1, 0.15) is 77.0 Å². The highest BCUT2D eigenvalue weighted by Crippen LogP contribution is 2.39. The summed E-state index contributed by atoms with van der Waals surface area (Å²) in [5.74, 6) is -0.693. The molecule has 4 atom stereocenters. The largest absolute Gasteiger partial charge is 0.511 e. The second-order valence-corrected chi connectivity index (χ2v) is 9.07. The molecule has 0 saturated heterocycles. The highest BCUT2D eigenvalue weighted by Gasteiger charge is 2.46. The van der Waals surface area contributed by atoms with Crippen LogP contribution < -0.4 is 5.73 Å². The zero-order valence-electron chi connectivity index (χ0n) is 14.6. The zero-order valence-corrected chi connectivity index (χ0v) is 15.5. The van der Waals surface area contributed by atoms with Crippen LogP contribution in [0.5, 0.6) is 0 Å². The lowest BCUT2D eigenvalue weighted by molar-refractivity contribution is -0.142. The van der Waals surface area contributed by atoms with Crippen LogP contribution in [-0.2, 0) is 9.36 Å². The second kappa shape index (κ2) is 9.84. The van der Waals surface area contributed by atoms with Gasteiger partial charge >= 0.3 is 14.0 Å².